The van der Waals surface area contributed by atoms with E-state index in [9.17, 15) is 9.00 Å². The van der Waals surface area contributed by atoms with Crippen LogP contribution in [0.3, 0.4) is 0 Å². The number of benzene rings is 1. The Balaban J connectivity index is 1.90. The topological polar surface area (TPSA) is 103 Å². The SMILES string of the molecule is COC(=O)c1ccc2nc([S@@](=O)Cc3nccc(OC)c3OC)[nH]c2c1. The lowest BCUT2D eigenvalue weighted by Crippen LogP contribution is -2.04. The summed E-state index contributed by atoms with van der Waals surface area (Å²) >= 11 is 0. The molecule has 0 spiro atoms. The third kappa shape index (κ3) is 3.38. The van der Waals surface area contributed by atoms with Gasteiger partial charge in [0, 0.05) is 12.3 Å². The molecule has 0 fully saturated rings. The second-order valence-corrected chi connectivity index (χ2v) is 6.61. The number of imidazole rings is 1. The summed E-state index contributed by atoms with van der Waals surface area (Å²) in [5, 5.41) is 0.286. The number of carbonyl (C=O) groups excluding carboxylic acids is 1. The molecule has 0 aliphatic rings. The number of hydrogen-bond donors (Lipinski definition) is 1. The highest BCUT2D eigenvalue weighted by Gasteiger charge is 2.18. The Kier molecular flexibility index (Phi) is 5.17. The highest BCUT2D eigenvalue weighted by atomic mass is 32.2. The van der Waals surface area contributed by atoms with E-state index in [4.69, 9.17) is 14.2 Å². The molecule has 1 aromatic carbocycles. The maximum atomic E-state index is 12.7. The summed E-state index contributed by atoms with van der Waals surface area (Å²) in [5.41, 5.74) is 2.09. The average Bonchev–Trinajstić information content (AvgIpc) is 3.10. The van der Waals surface area contributed by atoms with Gasteiger partial charge in [0.2, 0.25) is 0 Å². The molecule has 0 bridgehead atoms. The summed E-state index contributed by atoms with van der Waals surface area (Å²) in [6.45, 7) is 0. The van der Waals surface area contributed by atoms with Crippen LogP contribution in [0.1, 0.15) is 16.1 Å². The zero-order chi connectivity index (χ0) is 18.7. The third-order valence-electron chi connectivity index (χ3n) is 3.73. The van der Waals surface area contributed by atoms with Gasteiger partial charge in [0.25, 0.3) is 0 Å². The molecule has 9 heteroatoms. The Morgan fingerprint density at radius 2 is 2.00 bits per heavy atom. The Bertz CT molecular complexity index is 986. The second-order valence-electron chi connectivity index (χ2n) is 5.25. The molecule has 0 amide bonds. The first kappa shape index (κ1) is 17.9. The number of rotatable bonds is 6. The quantitative estimate of drug-likeness (QED) is 0.658. The molecule has 0 unspecified atom stereocenters. The van der Waals surface area contributed by atoms with Gasteiger partial charge in [-0.2, -0.15) is 0 Å². The summed E-state index contributed by atoms with van der Waals surface area (Å²) in [4.78, 5) is 23.2. The van der Waals surface area contributed by atoms with Crippen molar-refractivity contribution >= 4 is 27.8 Å². The zero-order valence-electron chi connectivity index (χ0n) is 14.4. The van der Waals surface area contributed by atoms with Gasteiger partial charge in [-0.25, -0.2) is 9.78 Å². The normalized spacial score (nSPS) is 12.0. The Labute approximate surface area is 152 Å². The molecule has 0 saturated heterocycles. The molecule has 8 nitrogen and oxygen atoms in total. The molecule has 3 rings (SSSR count). The molecule has 0 aliphatic heterocycles. The standard InChI is InChI=1S/C17H17N3O5S/c1-23-14-6-7-18-13(15(14)24-2)9-26(22)17-19-11-5-4-10(16(21)25-3)8-12(11)20-17/h4-8H,9H2,1-3H3,(H,19,20)/t26-/m0/s1. The average molecular weight is 375 g/mol. The number of methoxy groups -OCH3 is 3. The number of fused-ring (bicyclic) bond motifs is 1. The number of esters is 1. The van der Waals surface area contributed by atoms with Crippen LogP contribution >= 0.6 is 0 Å². The lowest BCUT2D eigenvalue weighted by molar-refractivity contribution is 0.0601. The third-order valence-corrected chi connectivity index (χ3v) is 4.89. The van der Waals surface area contributed by atoms with E-state index >= 15 is 0 Å². The molecule has 2 heterocycles. The number of carbonyl (C=O) groups is 1. The van der Waals surface area contributed by atoms with Crippen molar-refractivity contribution < 1.29 is 23.2 Å². The highest BCUT2D eigenvalue weighted by molar-refractivity contribution is 7.84. The van der Waals surface area contributed by atoms with E-state index in [1.807, 2.05) is 0 Å². The fourth-order valence-electron chi connectivity index (χ4n) is 2.48. The largest absolute Gasteiger partial charge is 0.493 e. The van der Waals surface area contributed by atoms with Crippen LogP contribution in [-0.4, -0.2) is 46.5 Å². The van der Waals surface area contributed by atoms with Crippen molar-refractivity contribution in [3.8, 4) is 11.5 Å². The second kappa shape index (κ2) is 7.52. The van der Waals surface area contributed by atoms with Crippen LogP contribution < -0.4 is 9.47 Å². The minimum Gasteiger partial charge on any atom is -0.493 e. The molecule has 2 aromatic heterocycles. The van der Waals surface area contributed by atoms with Gasteiger partial charge >= 0.3 is 5.97 Å². The van der Waals surface area contributed by atoms with Gasteiger partial charge in [-0.3, -0.25) is 9.19 Å². The van der Waals surface area contributed by atoms with E-state index in [1.165, 1.54) is 21.3 Å². The molecule has 0 saturated carbocycles. The van der Waals surface area contributed by atoms with Gasteiger partial charge in [-0.05, 0) is 18.2 Å². The first-order valence-corrected chi connectivity index (χ1v) is 8.91. The summed E-state index contributed by atoms with van der Waals surface area (Å²) < 4.78 is 28.0. The van der Waals surface area contributed by atoms with E-state index in [0.717, 1.165) is 0 Å². The van der Waals surface area contributed by atoms with Crippen LogP contribution in [0, 0.1) is 0 Å². The first-order valence-electron chi connectivity index (χ1n) is 7.59. The Morgan fingerprint density at radius 1 is 1.19 bits per heavy atom. The predicted molar refractivity (Wildman–Crippen MR) is 94.9 cm³/mol. The minimum atomic E-state index is -1.49. The fraction of sp³-hybridized carbons (Fsp3) is 0.235. The van der Waals surface area contributed by atoms with Crippen molar-refractivity contribution in [2.75, 3.05) is 21.3 Å². The van der Waals surface area contributed by atoms with Crippen molar-refractivity contribution in [1.82, 2.24) is 15.0 Å². The molecule has 26 heavy (non-hydrogen) atoms. The number of nitrogens with one attached hydrogen (secondary N) is 1. The predicted octanol–water partition coefficient (Wildman–Crippen LogP) is 2.07. The summed E-state index contributed by atoms with van der Waals surface area (Å²) in [7, 11) is 2.85. The van der Waals surface area contributed by atoms with Crippen LogP contribution in [-0.2, 0) is 21.3 Å². The number of ether oxygens (including phenoxy) is 3. The van der Waals surface area contributed by atoms with Crippen molar-refractivity contribution in [3.05, 3.63) is 41.7 Å². The molecule has 1 atom stereocenters. The summed E-state index contributed by atoms with van der Waals surface area (Å²) in [6, 6.07) is 6.55. The van der Waals surface area contributed by atoms with E-state index < -0.39 is 16.8 Å². The van der Waals surface area contributed by atoms with Gasteiger partial charge in [0.1, 0.15) is 0 Å². The van der Waals surface area contributed by atoms with Crippen LogP contribution in [0.2, 0.25) is 0 Å². The van der Waals surface area contributed by atoms with E-state index in [2.05, 4.69) is 15.0 Å². The first-order chi connectivity index (χ1) is 12.6. The zero-order valence-corrected chi connectivity index (χ0v) is 15.3. The number of hydrogen-bond acceptors (Lipinski definition) is 7. The Hall–Kier alpha value is -2.94. The van der Waals surface area contributed by atoms with Crippen LogP contribution in [0.15, 0.2) is 35.6 Å². The number of aromatic nitrogens is 3. The van der Waals surface area contributed by atoms with E-state index in [-0.39, 0.29) is 10.9 Å². The lowest BCUT2D eigenvalue weighted by atomic mass is 10.2. The maximum absolute atomic E-state index is 12.7. The van der Waals surface area contributed by atoms with Gasteiger partial charge in [-0.1, -0.05) is 0 Å². The van der Waals surface area contributed by atoms with E-state index in [1.54, 1.807) is 30.5 Å². The van der Waals surface area contributed by atoms with Crippen molar-refractivity contribution in [3.63, 3.8) is 0 Å². The van der Waals surface area contributed by atoms with Crippen LogP contribution in [0.4, 0.5) is 0 Å². The van der Waals surface area contributed by atoms with Gasteiger partial charge < -0.3 is 19.2 Å². The molecule has 136 valence electrons. The Morgan fingerprint density at radius 3 is 2.69 bits per heavy atom. The highest BCUT2D eigenvalue weighted by Crippen LogP contribution is 2.30. The number of aromatic amines is 1. The monoisotopic (exact) mass is 375 g/mol. The van der Waals surface area contributed by atoms with Crippen molar-refractivity contribution in [1.29, 1.82) is 0 Å². The molecule has 0 aliphatic carbocycles. The van der Waals surface area contributed by atoms with Crippen LogP contribution in [0.5, 0.6) is 11.5 Å². The molecular formula is C17H17N3O5S. The van der Waals surface area contributed by atoms with Crippen molar-refractivity contribution in [2.45, 2.75) is 10.9 Å². The van der Waals surface area contributed by atoms with Crippen LogP contribution in [0.25, 0.3) is 11.0 Å². The smallest absolute Gasteiger partial charge is 0.337 e. The number of nitrogens with zero attached hydrogens (tertiary/aromatic N) is 2. The number of pyridine rings is 1. The molecule has 3 aromatic rings. The van der Waals surface area contributed by atoms with Gasteiger partial charge in [0.15, 0.2) is 16.7 Å². The lowest BCUT2D eigenvalue weighted by Gasteiger charge is -2.10. The molecular weight excluding hydrogens is 358 g/mol. The summed E-state index contributed by atoms with van der Waals surface area (Å²) in [6.07, 6.45) is 1.56. The van der Waals surface area contributed by atoms with E-state index in [0.29, 0.717) is 33.8 Å². The molecule has 0 radical (unpaired) electrons. The molecule has 1 N–H and O–H groups in total. The maximum Gasteiger partial charge on any atom is 0.337 e. The number of H-pyrrole nitrogens is 1. The summed E-state index contributed by atoms with van der Waals surface area (Å²) in [5.74, 6) is 0.605. The minimum absolute atomic E-state index is 0.101. The van der Waals surface area contributed by atoms with Gasteiger partial charge in [0.05, 0.1) is 60.2 Å². The fourth-order valence-corrected chi connectivity index (χ4v) is 3.50. The van der Waals surface area contributed by atoms with Crippen molar-refractivity contribution in [2.24, 2.45) is 0 Å². The van der Waals surface area contributed by atoms with Gasteiger partial charge in [-0.15, -0.1) is 0 Å².